The number of phosphoric ester groups is 1. The summed E-state index contributed by atoms with van der Waals surface area (Å²) in [7, 11) is -4.75. The SMILES string of the molecule is CCCCCCCCC/C=C\CCCCCCCCCC(=O)NC(COP(=O)(O)OCC(O)COC(=O)CCCCCCCCCCCCCCCCCC)C(=O)O. The van der Waals surface area contributed by atoms with E-state index in [4.69, 9.17) is 13.8 Å². The number of allylic oxidation sites excluding steroid dienone is 2. The number of esters is 1. The van der Waals surface area contributed by atoms with E-state index in [1.807, 2.05) is 0 Å². The highest BCUT2D eigenvalue weighted by Crippen LogP contribution is 2.43. The van der Waals surface area contributed by atoms with Gasteiger partial charge in [0.25, 0.3) is 0 Å². The van der Waals surface area contributed by atoms with Crippen molar-refractivity contribution in [3.8, 4) is 0 Å². The predicted octanol–water partition coefficient (Wildman–Crippen LogP) is 12.5. The Hall–Kier alpha value is -1.78. The highest BCUT2D eigenvalue weighted by Gasteiger charge is 2.28. The average Bonchev–Trinajstić information content (AvgIpc) is 3.20. The fourth-order valence-electron chi connectivity index (χ4n) is 6.84. The zero-order valence-electron chi connectivity index (χ0n) is 37.1. The summed E-state index contributed by atoms with van der Waals surface area (Å²) in [6.45, 7) is 2.62. The van der Waals surface area contributed by atoms with Crippen LogP contribution in [0, 0.1) is 0 Å². The molecule has 0 radical (unpaired) electrons. The van der Waals surface area contributed by atoms with Crippen LogP contribution in [0.15, 0.2) is 12.2 Å². The molecular formula is C46H88NO10P. The van der Waals surface area contributed by atoms with Crippen molar-refractivity contribution in [3.63, 3.8) is 0 Å². The number of aliphatic hydroxyl groups is 1. The lowest BCUT2D eigenvalue weighted by Crippen LogP contribution is -2.43. The van der Waals surface area contributed by atoms with Gasteiger partial charge in [0.05, 0.1) is 13.2 Å². The fourth-order valence-corrected chi connectivity index (χ4v) is 7.61. The van der Waals surface area contributed by atoms with Gasteiger partial charge in [-0.1, -0.05) is 193 Å². The van der Waals surface area contributed by atoms with Crippen LogP contribution in [0.3, 0.4) is 0 Å². The third-order valence-electron chi connectivity index (χ3n) is 10.6. The van der Waals surface area contributed by atoms with Gasteiger partial charge in [-0.25, -0.2) is 9.36 Å². The molecule has 12 heteroatoms. The van der Waals surface area contributed by atoms with Gasteiger partial charge in [0.1, 0.15) is 12.7 Å². The molecule has 0 aromatic heterocycles. The van der Waals surface area contributed by atoms with Gasteiger partial charge in [-0.15, -0.1) is 0 Å². The molecule has 0 fully saturated rings. The first-order valence-electron chi connectivity index (χ1n) is 23.7. The van der Waals surface area contributed by atoms with Crippen LogP contribution in [0.25, 0.3) is 0 Å². The molecule has 0 heterocycles. The monoisotopic (exact) mass is 846 g/mol. The number of ether oxygens (including phenoxy) is 1. The van der Waals surface area contributed by atoms with Crippen molar-refractivity contribution in [2.75, 3.05) is 19.8 Å². The van der Waals surface area contributed by atoms with Crippen LogP contribution < -0.4 is 5.32 Å². The number of phosphoric acid groups is 1. The smallest absolute Gasteiger partial charge is 0.472 e. The molecule has 0 aliphatic rings. The van der Waals surface area contributed by atoms with Crippen molar-refractivity contribution in [1.29, 1.82) is 0 Å². The highest BCUT2D eigenvalue weighted by molar-refractivity contribution is 7.47. The van der Waals surface area contributed by atoms with Crippen LogP contribution in [0.4, 0.5) is 0 Å². The maximum atomic E-state index is 12.3. The van der Waals surface area contributed by atoms with Gasteiger partial charge in [0, 0.05) is 12.8 Å². The molecule has 0 aliphatic carbocycles. The highest BCUT2D eigenvalue weighted by atomic mass is 31.2. The van der Waals surface area contributed by atoms with E-state index in [-0.39, 0.29) is 12.8 Å². The van der Waals surface area contributed by atoms with E-state index in [0.717, 1.165) is 51.4 Å². The maximum Gasteiger partial charge on any atom is 0.472 e. The molecule has 0 aromatic rings. The Bertz CT molecular complexity index is 1040. The molecule has 58 heavy (non-hydrogen) atoms. The van der Waals surface area contributed by atoms with Gasteiger partial charge < -0.3 is 25.2 Å². The number of rotatable bonds is 45. The molecule has 0 aromatic carbocycles. The zero-order valence-corrected chi connectivity index (χ0v) is 38.0. The lowest BCUT2D eigenvalue weighted by Gasteiger charge is -2.18. The third-order valence-corrected chi connectivity index (χ3v) is 11.5. The molecule has 0 saturated carbocycles. The third kappa shape index (κ3) is 41.0. The van der Waals surface area contributed by atoms with E-state index in [2.05, 4.69) is 31.3 Å². The van der Waals surface area contributed by atoms with Crippen LogP contribution in [0.5, 0.6) is 0 Å². The van der Waals surface area contributed by atoms with E-state index in [9.17, 15) is 34.1 Å². The van der Waals surface area contributed by atoms with E-state index in [1.165, 1.54) is 141 Å². The summed E-state index contributed by atoms with van der Waals surface area (Å²) in [5, 5.41) is 21.9. The van der Waals surface area contributed by atoms with Crippen molar-refractivity contribution in [3.05, 3.63) is 12.2 Å². The largest absolute Gasteiger partial charge is 0.480 e. The number of hydrogen-bond acceptors (Lipinski definition) is 8. The van der Waals surface area contributed by atoms with Gasteiger partial charge in [-0.2, -0.15) is 0 Å². The Morgan fingerprint density at radius 1 is 0.534 bits per heavy atom. The summed E-state index contributed by atoms with van der Waals surface area (Å²) in [6.07, 6.45) is 42.3. The fraction of sp³-hybridized carbons (Fsp3) is 0.891. The minimum Gasteiger partial charge on any atom is -0.480 e. The molecular weight excluding hydrogens is 757 g/mol. The molecule has 0 bridgehead atoms. The second-order valence-electron chi connectivity index (χ2n) is 16.3. The number of unbranched alkanes of at least 4 members (excludes halogenated alkanes) is 29. The summed E-state index contributed by atoms with van der Waals surface area (Å²) in [4.78, 5) is 46.0. The van der Waals surface area contributed by atoms with Gasteiger partial charge in [0.2, 0.25) is 5.91 Å². The van der Waals surface area contributed by atoms with Crippen LogP contribution in [0.2, 0.25) is 0 Å². The lowest BCUT2D eigenvalue weighted by atomic mass is 10.0. The van der Waals surface area contributed by atoms with Crippen LogP contribution in [-0.2, 0) is 32.7 Å². The van der Waals surface area contributed by atoms with Gasteiger partial charge in [-0.3, -0.25) is 18.6 Å². The standard InChI is InChI=1S/C46H88NO10P/c1-3-5-7-9-11-13-15-17-19-21-22-23-25-27-29-31-33-35-37-44(49)47-43(46(51)52)41-57-58(53,54)56-40-42(48)39-55-45(50)38-36-34-32-30-28-26-24-20-18-16-14-12-10-8-6-4-2/h19,21,42-43,48H,3-18,20,22-41H2,1-2H3,(H,47,49)(H,51,52)(H,53,54)/b21-19-. The zero-order chi connectivity index (χ0) is 42.8. The second kappa shape index (κ2) is 41.9. The van der Waals surface area contributed by atoms with Gasteiger partial charge in [0.15, 0.2) is 6.04 Å². The van der Waals surface area contributed by atoms with E-state index < -0.39 is 57.6 Å². The molecule has 3 unspecified atom stereocenters. The second-order valence-corrected chi connectivity index (χ2v) is 17.8. The first kappa shape index (κ1) is 56.2. The number of carboxylic acids is 1. The molecule has 0 spiro atoms. The Morgan fingerprint density at radius 2 is 0.897 bits per heavy atom. The molecule has 0 aliphatic heterocycles. The van der Waals surface area contributed by atoms with Gasteiger partial charge >= 0.3 is 19.8 Å². The first-order valence-corrected chi connectivity index (χ1v) is 25.2. The Morgan fingerprint density at radius 3 is 1.31 bits per heavy atom. The van der Waals surface area contributed by atoms with Crippen molar-refractivity contribution in [2.24, 2.45) is 0 Å². The van der Waals surface area contributed by atoms with Crippen LogP contribution in [-0.4, -0.2) is 64.9 Å². The topological polar surface area (TPSA) is 169 Å². The van der Waals surface area contributed by atoms with Gasteiger partial charge in [-0.05, 0) is 38.5 Å². The number of carbonyl (C=O) groups excluding carboxylic acids is 2. The molecule has 1 amide bonds. The first-order chi connectivity index (χ1) is 28.1. The number of nitrogens with one attached hydrogen (secondary N) is 1. The summed E-state index contributed by atoms with van der Waals surface area (Å²) in [5.74, 6) is -2.36. The number of carbonyl (C=O) groups is 3. The summed E-state index contributed by atoms with van der Waals surface area (Å²) < 4.78 is 26.9. The van der Waals surface area contributed by atoms with E-state index >= 15 is 0 Å². The minimum absolute atomic E-state index is 0.144. The molecule has 0 rings (SSSR count). The number of hydrogen-bond donors (Lipinski definition) is 4. The molecule has 4 N–H and O–H groups in total. The number of aliphatic carboxylic acids is 1. The summed E-state index contributed by atoms with van der Waals surface area (Å²) in [6, 6.07) is -1.54. The van der Waals surface area contributed by atoms with Crippen molar-refractivity contribution in [2.45, 2.75) is 244 Å². The van der Waals surface area contributed by atoms with Crippen molar-refractivity contribution >= 4 is 25.7 Å². The van der Waals surface area contributed by atoms with Crippen LogP contribution >= 0.6 is 7.82 Å². The quantitative estimate of drug-likeness (QED) is 0.0200. The Balaban J connectivity index is 3.85. The number of amides is 1. The Kier molecular flexibility index (Phi) is 40.6. The average molecular weight is 846 g/mol. The number of carboxylic acid groups (broad SMARTS) is 1. The van der Waals surface area contributed by atoms with E-state index in [0.29, 0.717) is 12.8 Å². The lowest BCUT2D eigenvalue weighted by molar-refractivity contribution is -0.147. The predicted molar refractivity (Wildman–Crippen MR) is 236 cm³/mol. The maximum absolute atomic E-state index is 12.3. The molecule has 3 atom stereocenters. The molecule has 11 nitrogen and oxygen atoms in total. The van der Waals surface area contributed by atoms with Crippen molar-refractivity contribution in [1.82, 2.24) is 5.32 Å². The van der Waals surface area contributed by atoms with E-state index in [1.54, 1.807) is 0 Å². The van der Waals surface area contributed by atoms with Crippen molar-refractivity contribution < 1.29 is 47.8 Å². The number of aliphatic hydroxyl groups excluding tert-OH is 1. The summed E-state index contributed by atoms with van der Waals surface area (Å²) >= 11 is 0. The molecule has 0 saturated heterocycles. The minimum atomic E-state index is -4.75. The molecule has 342 valence electrons. The normalized spacial score (nSPS) is 13.7. The summed E-state index contributed by atoms with van der Waals surface area (Å²) in [5.41, 5.74) is 0. The Labute approximate surface area is 354 Å². The van der Waals surface area contributed by atoms with Crippen LogP contribution in [0.1, 0.15) is 232 Å².